The van der Waals surface area contributed by atoms with Gasteiger partial charge in [0, 0.05) is 6.54 Å². The Hall–Kier alpha value is -1.21. The minimum Gasteiger partial charge on any atom is -0.370 e. The topological polar surface area (TPSA) is 62.9 Å². The zero-order chi connectivity index (χ0) is 13.9. The molecule has 2 aliphatic heterocycles. The number of nitrogens with two attached hydrogens (primary N) is 1. The van der Waals surface area contributed by atoms with Crippen molar-refractivity contribution < 1.29 is 4.74 Å². The highest BCUT2D eigenvalue weighted by molar-refractivity contribution is 8.14. The number of nitrogens with one attached hydrogen (secondary N) is 1. The maximum Gasteiger partial charge on any atom is 0.175 e. The van der Waals surface area contributed by atoms with Gasteiger partial charge in [0.2, 0.25) is 0 Å². The van der Waals surface area contributed by atoms with Gasteiger partial charge in [0.15, 0.2) is 5.50 Å². The van der Waals surface area contributed by atoms with E-state index >= 15 is 0 Å². The molecule has 106 valence electrons. The van der Waals surface area contributed by atoms with Gasteiger partial charge in [0.1, 0.15) is 10.2 Å². The van der Waals surface area contributed by atoms with Crippen LogP contribution in [0.4, 0.5) is 0 Å². The Morgan fingerprint density at radius 2 is 2.15 bits per heavy atom. The Labute approximate surface area is 126 Å². The second kappa shape index (κ2) is 6.05. The summed E-state index contributed by atoms with van der Waals surface area (Å²) in [4.78, 5) is 0. The highest BCUT2D eigenvalue weighted by Gasteiger charge is 2.36. The first kappa shape index (κ1) is 13.8. The average Bonchev–Trinajstić information content (AvgIpc) is 2.96. The summed E-state index contributed by atoms with van der Waals surface area (Å²) in [5.41, 5.74) is 7.65. The zero-order valence-electron chi connectivity index (χ0n) is 10.8. The number of hydrazone groups is 1. The molecular formula is C13H15ClN4OS. The summed E-state index contributed by atoms with van der Waals surface area (Å²) >= 11 is 7.64. The molecule has 2 heterocycles. The first-order valence-corrected chi connectivity index (χ1v) is 7.54. The Balaban J connectivity index is 1.54. The van der Waals surface area contributed by atoms with E-state index < -0.39 is 0 Å². The number of halogens is 1. The lowest BCUT2D eigenvalue weighted by Crippen LogP contribution is -2.28. The zero-order valence-corrected chi connectivity index (χ0v) is 12.3. The molecular weight excluding hydrogens is 296 g/mol. The second-order valence-electron chi connectivity index (χ2n) is 4.40. The van der Waals surface area contributed by atoms with Gasteiger partial charge in [-0.05, 0) is 5.56 Å². The normalized spacial score (nSPS) is 21.0. The van der Waals surface area contributed by atoms with Gasteiger partial charge in [0.25, 0.3) is 0 Å². The maximum atomic E-state index is 6.05. The Morgan fingerprint density at radius 3 is 2.90 bits per heavy atom. The molecule has 3 N–H and O–H groups in total. The van der Waals surface area contributed by atoms with E-state index in [9.17, 15) is 0 Å². The fourth-order valence-electron chi connectivity index (χ4n) is 2.04. The van der Waals surface area contributed by atoms with Crippen molar-refractivity contribution >= 4 is 28.4 Å². The SMILES string of the molecule is NCC1=C(Cl)NC2SC(COCc3ccccc3)=NN12. The van der Waals surface area contributed by atoms with Crippen LogP contribution in [0.25, 0.3) is 0 Å². The molecule has 0 saturated carbocycles. The Kier molecular flexibility index (Phi) is 4.16. The quantitative estimate of drug-likeness (QED) is 0.812. The lowest BCUT2D eigenvalue weighted by atomic mass is 10.2. The first-order chi connectivity index (χ1) is 9.78. The van der Waals surface area contributed by atoms with Crippen molar-refractivity contribution in [3.05, 3.63) is 46.7 Å². The molecule has 0 spiro atoms. The maximum absolute atomic E-state index is 6.05. The highest BCUT2D eigenvalue weighted by Crippen LogP contribution is 2.34. The highest BCUT2D eigenvalue weighted by atomic mass is 35.5. The van der Waals surface area contributed by atoms with Crippen LogP contribution in [-0.4, -0.2) is 28.7 Å². The molecule has 20 heavy (non-hydrogen) atoms. The fraction of sp³-hybridized carbons (Fsp3) is 0.308. The van der Waals surface area contributed by atoms with Crippen molar-refractivity contribution in [1.82, 2.24) is 10.3 Å². The van der Waals surface area contributed by atoms with Crippen molar-refractivity contribution in [2.24, 2.45) is 10.8 Å². The summed E-state index contributed by atoms with van der Waals surface area (Å²) < 4.78 is 5.68. The molecule has 1 atom stereocenters. The van der Waals surface area contributed by atoms with Crippen LogP contribution in [0.1, 0.15) is 5.56 Å². The molecule has 2 aliphatic rings. The summed E-state index contributed by atoms with van der Waals surface area (Å²) in [5.74, 6) is 0. The fourth-order valence-corrected chi connectivity index (χ4v) is 3.36. The predicted octanol–water partition coefficient (Wildman–Crippen LogP) is 1.82. The van der Waals surface area contributed by atoms with E-state index in [4.69, 9.17) is 22.1 Å². The number of hydrogen-bond acceptors (Lipinski definition) is 6. The third kappa shape index (κ3) is 2.78. The Bertz CT molecular complexity index is 549. The van der Waals surface area contributed by atoms with Crippen LogP contribution in [0, 0.1) is 0 Å². The third-order valence-electron chi connectivity index (χ3n) is 3.00. The minimum absolute atomic E-state index is 0.0105. The van der Waals surface area contributed by atoms with E-state index in [1.54, 1.807) is 11.8 Å². The van der Waals surface area contributed by atoms with Crippen molar-refractivity contribution in [1.29, 1.82) is 0 Å². The standard InChI is InChI=1S/C13H15ClN4OS/c14-12-10(6-15)18-13(16-12)20-11(17-18)8-19-7-9-4-2-1-3-5-9/h1-5,13,16H,6-8,15H2. The summed E-state index contributed by atoms with van der Waals surface area (Å²) in [6.07, 6.45) is 0. The summed E-state index contributed by atoms with van der Waals surface area (Å²) in [6.45, 7) is 1.44. The number of fused-ring (bicyclic) bond motifs is 1. The molecule has 0 aromatic heterocycles. The predicted molar refractivity (Wildman–Crippen MR) is 81.8 cm³/mol. The molecule has 0 fully saturated rings. The van der Waals surface area contributed by atoms with E-state index in [0.717, 1.165) is 16.3 Å². The minimum atomic E-state index is 0.0105. The van der Waals surface area contributed by atoms with E-state index in [1.165, 1.54) is 0 Å². The lowest BCUT2D eigenvalue weighted by Gasteiger charge is -2.14. The molecule has 3 rings (SSSR count). The average molecular weight is 311 g/mol. The molecule has 5 nitrogen and oxygen atoms in total. The lowest BCUT2D eigenvalue weighted by molar-refractivity contribution is 0.159. The number of ether oxygens (including phenoxy) is 1. The number of nitrogens with zero attached hydrogens (tertiary/aromatic N) is 2. The van der Waals surface area contributed by atoms with Gasteiger partial charge in [-0.25, -0.2) is 5.01 Å². The molecule has 7 heteroatoms. The molecule has 0 amide bonds. The van der Waals surface area contributed by atoms with Crippen LogP contribution in [0.2, 0.25) is 0 Å². The smallest absolute Gasteiger partial charge is 0.175 e. The van der Waals surface area contributed by atoms with Gasteiger partial charge >= 0.3 is 0 Å². The second-order valence-corrected chi connectivity index (χ2v) is 5.93. The summed E-state index contributed by atoms with van der Waals surface area (Å²) in [7, 11) is 0. The van der Waals surface area contributed by atoms with Gasteiger partial charge < -0.3 is 15.8 Å². The van der Waals surface area contributed by atoms with Crippen molar-refractivity contribution in [3.8, 4) is 0 Å². The van der Waals surface area contributed by atoms with Crippen LogP contribution in [0.3, 0.4) is 0 Å². The monoisotopic (exact) mass is 310 g/mol. The van der Waals surface area contributed by atoms with Gasteiger partial charge in [-0.15, -0.1) is 0 Å². The number of rotatable bonds is 5. The van der Waals surface area contributed by atoms with Crippen molar-refractivity contribution in [3.63, 3.8) is 0 Å². The molecule has 0 aliphatic carbocycles. The van der Waals surface area contributed by atoms with E-state index in [0.29, 0.717) is 24.9 Å². The number of hydrogen-bond donors (Lipinski definition) is 2. The Morgan fingerprint density at radius 1 is 1.35 bits per heavy atom. The summed E-state index contributed by atoms with van der Waals surface area (Å²) in [5, 5.41) is 11.0. The van der Waals surface area contributed by atoms with Gasteiger partial charge in [-0.1, -0.05) is 53.7 Å². The van der Waals surface area contributed by atoms with E-state index in [2.05, 4.69) is 10.4 Å². The molecule has 1 aromatic carbocycles. The van der Waals surface area contributed by atoms with Gasteiger partial charge in [0.05, 0.1) is 18.9 Å². The van der Waals surface area contributed by atoms with Gasteiger partial charge in [-0.3, -0.25) is 0 Å². The number of benzene rings is 1. The number of thioether (sulfide) groups is 1. The largest absolute Gasteiger partial charge is 0.370 e. The van der Waals surface area contributed by atoms with Crippen LogP contribution in [0.5, 0.6) is 0 Å². The first-order valence-electron chi connectivity index (χ1n) is 6.28. The van der Waals surface area contributed by atoms with E-state index in [1.807, 2.05) is 35.3 Å². The summed E-state index contributed by atoms with van der Waals surface area (Å²) in [6, 6.07) is 10.1. The molecule has 1 aromatic rings. The molecule has 0 saturated heterocycles. The molecule has 0 radical (unpaired) electrons. The van der Waals surface area contributed by atoms with E-state index in [-0.39, 0.29) is 5.50 Å². The van der Waals surface area contributed by atoms with Crippen molar-refractivity contribution in [2.45, 2.75) is 12.1 Å². The van der Waals surface area contributed by atoms with Crippen LogP contribution in [-0.2, 0) is 11.3 Å². The van der Waals surface area contributed by atoms with Crippen LogP contribution >= 0.6 is 23.4 Å². The van der Waals surface area contributed by atoms with Crippen LogP contribution in [0.15, 0.2) is 46.3 Å². The molecule has 1 unspecified atom stereocenters. The van der Waals surface area contributed by atoms with Crippen molar-refractivity contribution in [2.75, 3.05) is 13.2 Å². The van der Waals surface area contributed by atoms with Gasteiger partial charge in [-0.2, -0.15) is 5.10 Å². The third-order valence-corrected chi connectivity index (χ3v) is 4.34. The molecule has 0 bridgehead atoms. The van der Waals surface area contributed by atoms with Crippen LogP contribution < -0.4 is 11.1 Å².